The number of anilines is 1. The minimum absolute atomic E-state index is 0.270. The summed E-state index contributed by atoms with van der Waals surface area (Å²) in [5.74, 6) is 1.90. The molecule has 3 aromatic rings. The Morgan fingerprint density at radius 3 is 2.80 bits per heavy atom. The summed E-state index contributed by atoms with van der Waals surface area (Å²) in [6.45, 7) is 0. The van der Waals surface area contributed by atoms with Crippen molar-refractivity contribution in [1.29, 1.82) is 0 Å². The van der Waals surface area contributed by atoms with Gasteiger partial charge in [-0.1, -0.05) is 17.3 Å². The van der Waals surface area contributed by atoms with Crippen molar-refractivity contribution in [2.45, 2.75) is 0 Å². The summed E-state index contributed by atoms with van der Waals surface area (Å²) >= 11 is 5.78. The van der Waals surface area contributed by atoms with E-state index < -0.39 is 0 Å². The molecule has 5 nitrogen and oxygen atoms in total. The molecule has 0 amide bonds. The van der Waals surface area contributed by atoms with Crippen molar-refractivity contribution in [3.63, 3.8) is 0 Å². The predicted molar refractivity (Wildman–Crippen MR) is 75.6 cm³/mol. The second-order valence-corrected chi connectivity index (χ2v) is 4.48. The normalized spacial score (nSPS) is 10.7. The van der Waals surface area contributed by atoms with Crippen LogP contribution in [0.1, 0.15) is 0 Å². The molecule has 0 aliphatic heterocycles. The van der Waals surface area contributed by atoms with Gasteiger partial charge in [-0.3, -0.25) is 0 Å². The number of nitrogens with two attached hydrogens (primary N) is 1. The molecule has 0 saturated heterocycles. The Bertz CT molecular complexity index is 748. The smallest absolute Gasteiger partial charge is 0.212 e. The third kappa shape index (κ3) is 2.12. The van der Waals surface area contributed by atoms with Gasteiger partial charge in [0.1, 0.15) is 5.75 Å². The number of ether oxygens (including phenoxy) is 1. The molecule has 102 valence electrons. The Kier molecular flexibility index (Phi) is 3.12. The van der Waals surface area contributed by atoms with E-state index in [1.165, 1.54) is 0 Å². The molecule has 0 fully saturated rings. The van der Waals surface area contributed by atoms with E-state index >= 15 is 0 Å². The number of nitrogens with zero attached hydrogens (tertiary/aromatic N) is 1. The first-order valence-corrected chi connectivity index (χ1v) is 6.22. The van der Waals surface area contributed by atoms with Crippen molar-refractivity contribution in [2.75, 3.05) is 12.8 Å². The molecule has 0 atom stereocenters. The molecule has 20 heavy (non-hydrogen) atoms. The van der Waals surface area contributed by atoms with Gasteiger partial charge in [0.15, 0.2) is 16.8 Å². The molecule has 0 aliphatic rings. The van der Waals surface area contributed by atoms with Crippen molar-refractivity contribution in [2.24, 2.45) is 0 Å². The summed E-state index contributed by atoms with van der Waals surface area (Å²) in [6, 6.07) is 10.8. The number of halogens is 1. The standard InChI is InChI=1S/C14H11ClN2O3/c1-18-9-4-2-3-8(7-9)12-13(20-17-14(12)16)10-5-6-11(15)19-10/h2-7H,1H3,(H2,16,17). The molecule has 2 aromatic heterocycles. The molecule has 0 unspecified atom stereocenters. The fraction of sp³-hybridized carbons (Fsp3) is 0.0714. The highest BCUT2D eigenvalue weighted by Gasteiger charge is 2.20. The number of hydrogen-bond donors (Lipinski definition) is 1. The van der Waals surface area contributed by atoms with Crippen molar-refractivity contribution in [3.05, 3.63) is 41.6 Å². The van der Waals surface area contributed by atoms with E-state index in [9.17, 15) is 0 Å². The lowest BCUT2D eigenvalue weighted by molar-refractivity contribution is 0.415. The number of aromatic nitrogens is 1. The van der Waals surface area contributed by atoms with Gasteiger partial charge in [-0.15, -0.1) is 0 Å². The van der Waals surface area contributed by atoms with Crippen molar-refractivity contribution >= 4 is 17.4 Å². The number of rotatable bonds is 3. The maximum absolute atomic E-state index is 5.89. The molecule has 6 heteroatoms. The Balaban J connectivity index is 2.15. The van der Waals surface area contributed by atoms with Crippen LogP contribution in [0.5, 0.6) is 5.75 Å². The molecule has 1 aromatic carbocycles. The Morgan fingerprint density at radius 2 is 2.10 bits per heavy atom. The SMILES string of the molecule is COc1cccc(-c2c(N)noc2-c2ccc(Cl)o2)c1. The summed E-state index contributed by atoms with van der Waals surface area (Å²) in [6.07, 6.45) is 0. The van der Waals surface area contributed by atoms with Crippen molar-refractivity contribution in [1.82, 2.24) is 5.16 Å². The molecule has 0 spiro atoms. The maximum atomic E-state index is 5.89. The lowest BCUT2D eigenvalue weighted by atomic mass is 10.0. The Hall–Kier alpha value is -2.40. The maximum Gasteiger partial charge on any atom is 0.212 e. The summed E-state index contributed by atoms with van der Waals surface area (Å²) in [5.41, 5.74) is 7.36. The van der Waals surface area contributed by atoms with E-state index in [2.05, 4.69) is 5.16 Å². The second-order valence-electron chi connectivity index (χ2n) is 4.11. The molecular formula is C14H11ClN2O3. The van der Waals surface area contributed by atoms with Gasteiger partial charge in [-0.05, 0) is 41.4 Å². The number of methoxy groups -OCH3 is 1. The molecule has 0 bridgehead atoms. The van der Waals surface area contributed by atoms with Gasteiger partial charge in [0, 0.05) is 0 Å². The first-order valence-electron chi connectivity index (χ1n) is 5.84. The van der Waals surface area contributed by atoms with Crippen LogP contribution >= 0.6 is 11.6 Å². The van der Waals surface area contributed by atoms with Crippen LogP contribution in [-0.2, 0) is 0 Å². The minimum Gasteiger partial charge on any atom is -0.497 e. The lowest BCUT2D eigenvalue weighted by Gasteiger charge is -2.04. The highest BCUT2D eigenvalue weighted by molar-refractivity contribution is 6.29. The zero-order chi connectivity index (χ0) is 14.1. The van der Waals surface area contributed by atoms with E-state index in [4.69, 9.17) is 31.0 Å². The van der Waals surface area contributed by atoms with Crippen LogP contribution in [0.2, 0.25) is 5.22 Å². The molecule has 0 aliphatic carbocycles. The van der Waals surface area contributed by atoms with E-state index in [1.54, 1.807) is 19.2 Å². The summed E-state index contributed by atoms with van der Waals surface area (Å²) in [5, 5.41) is 4.06. The van der Waals surface area contributed by atoms with Gasteiger partial charge in [-0.25, -0.2) is 0 Å². The number of nitrogen functional groups attached to an aromatic ring is 1. The number of hydrogen-bond acceptors (Lipinski definition) is 5. The molecular weight excluding hydrogens is 280 g/mol. The summed E-state index contributed by atoms with van der Waals surface area (Å²) in [4.78, 5) is 0. The minimum atomic E-state index is 0.270. The third-order valence-corrected chi connectivity index (χ3v) is 3.08. The lowest BCUT2D eigenvalue weighted by Crippen LogP contribution is -1.89. The Labute approximate surface area is 119 Å². The van der Waals surface area contributed by atoms with E-state index in [-0.39, 0.29) is 11.0 Å². The van der Waals surface area contributed by atoms with Gasteiger partial charge in [0.25, 0.3) is 0 Å². The van der Waals surface area contributed by atoms with Gasteiger partial charge in [0.05, 0.1) is 12.7 Å². The van der Waals surface area contributed by atoms with Crippen LogP contribution in [0, 0.1) is 0 Å². The highest BCUT2D eigenvalue weighted by Crippen LogP contribution is 2.38. The summed E-state index contributed by atoms with van der Waals surface area (Å²) in [7, 11) is 1.60. The molecule has 2 N–H and O–H groups in total. The van der Waals surface area contributed by atoms with Crippen LogP contribution in [0.4, 0.5) is 5.82 Å². The predicted octanol–water partition coefficient (Wildman–Crippen LogP) is 3.85. The quantitative estimate of drug-likeness (QED) is 0.793. The zero-order valence-electron chi connectivity index (χ0n) is 10.6. The van der Waals surface area contributed by atoms with Crippen molar-refractivity contribution in [3.8, 4) is 28.4 Å². The van der Waals surface area contributed by atoms with E-state index in [0.29, 0.717) is 22.8 Å². The van der Waals surface area contributed by atoms with Crippen LogP contribution in [0.3, 0.4) is 0 Å². The molecule has 0 radical (unpaired) electrons. The van der Waals surface area contributed by atoms with E-state index in [1.807, 2.05) is 24.3 Å². The average molecular weight is 291 g/mol. The summed E-state index contributed by atoms with van der Waals surface area (Å²) < 4.78 is 15.8. The van der Waals surface area contributed by atoms with Gasteiger partial charge in [-0.2, -0.15) is 0 Å². The number of benzene rings is 1. The van der Waals surface area contributed by atoms with Crippen LogP contribution in [0.15, 0.2) is 45.3 Å². The van der Waals surface area contributed by atoms with Gasteiger partial charge >= 0.3 is 0 Å². The largest absolute Gasteiger partial charge is 0.497 e. The highest BCUT2D eigenvalue weighted by atomic mass is 35.5. The molecule has 2 heterocycles. The molecule has 0 saturated carbocycles. The first kappa shape index (κ1) is 12.6. The van der Waals surface area contributed by atoms with E-state index in [0.717, 1.165) is 5.56 Å². The third-order valence-electron chi connectivity index (χ3n) is 2.87. The van der Waals surface area contributed by atoms with Crippen LogP contribution in [0.25, 0.3) is 22.6 Å². The number of furan rings is 1. The van der Waals surface area contributed by atoms with Gasteiger partial charge in [0.2, 0.25) is 5.76 Å². The first-order chi connectivity index (χ1) is 9.69. The van der Waals surface area contributed by atoms with Crippen LogP contribution in [-0.4, -0.2) is 12.3 Å². The second kappa shape index (κ2) is 4.94. The van der Waals surface area contributed by atoms with Crippen molar-refractivity contribution < 1.29 is 13.7 Å². The fourth-order valence-electron chi connectivity index (χ4n) is 1.96. The monoisotopic (exact) mass is 290 g/mol. The topological polar surface area (TPSA) is 74.4 Å². The van der Waals surface area contributed by atoms with Gasteiger partial charge < -0.3 is 19.4 Å². The zero-order valence-corrected chi connectivity index (χ0v) is 11.3. The molecule has 3 rings (SSSR count). The Morgan fingerprint density at radius 1 is 1.25 bits per heavy atom. The van der Waals surface area contributed by atoms with Crippen LogP contribution < -0.4 is 10.5 Å². The fourth-order valence-corrected chi connectivity index (χ4v) is 2.11. The average Bonchev–Trinajstić information content (AvgIpc) is 3.05.